The molecule has 0 N–H and O–H groups in total. The predicted molar refractivity (Wildman–Crippen MR) is 59.2 cm³/mol. The molecule has 0 bridgehead atoms. The summed E-state index contributed by atoms with van der Waals surface area (Å²) in [7, 11) is -3.97. The molecular weight excluding hydrogens is 228 g/mol. The number of benzene rings is 1. The van der Waals surface area contributed by atoms with Gasteiger partial charge in [-0.1, -0.05) is 24.3 Å². The Morgan fingerprint density at radius 3 is 2.50 bits per heavy atom. The van der Waals surface area contributed by atoms with E-state index in [-0.39, 0.29) is 11.3 Å². The van der Waals surface area contributed by atoms with E-state index in [9.17, 15) is 13.2 Å². The number of rotatable bonds is 5. The predicted octanol–water partition coefficient (Wildman–Crippen LogP) is 1.88. The number of hydrogen-bond donors (Lipinski definition) is 0. The molecule has 4 nitrogen and oxygen atoms in total. The van der Waals surface area contributed by atoms with Crippen molar-refractivity contribution in [2.75, 3.05) is 0 Å². The normalized spacial score (nSPS) is 10.8. The largest absolute Gasteiger partial charge is 0.342 e. The Morgan fingerprint density at radius 2 is 1.94 bits per heavy atom. The van der Waals surface area contributed by atoms with E-state index >= 15 is 0 Å². The summed E-state index contributed by atoms with van der Waals surface area (Å²) < 4.78 is 27.5. The van der Waals surface area contributed by atoms with Crippen molar-refractivity contribution in [2.24, 2.45) is 0 Å². The van der Waals surface area contributed by atoms with Gasteiger partial charge in [-0.3, -0.25) is 4.79 Å². The SMILES string of the molecule is C=CCCC(=O)OS(=O)(=O)c1ccccc1. The summed E-state index contributed by atoms with van der Waals surface area (Å²) in [6.45, 7) is 3.43. The maximum absolute atomic E-state index is 11.5. The summed E-state index contributed by atoms with van der Waals surface area (Å²) in [6, 6.07) is 7.54. The maximum atomic E-state index is 11.5. The van der Waals surface area contributed by atoms with Crippen molar-refractivity contribution in [3.63, 3.8) is 0 Å². The first kappa shape index (κ1) is 12.4. The van der Waals surface area contributed by atoms with Gasteiger partial charge in [0.15, 0.2) is 0 Å². The first-order valence-electron chi connectivity index (χ1n) is 4.69. The van der Waals surface area contributed by atoms with Crippen molar-refractivity contribution in [2.45, 2.75) is 17.7 Å². The minimum atomic E-state index is -3.97. The van der Waals surface area contributed by atoms with Crippen LogP contribution in [-0.4, -0.2) is 14.4 Å². The third-order valence-electron chi connectivity index (χ3n) is 1.79. The minimum Gasteiger partial charge on any atom is -0.342 e. The summed E-state index contributed by atoms with van der Waals surface area (Å²) in [5, 5.41) is 0. The van der Waals surface area contributed by atoms with Crippen LogP contribution in [0.15, 0.2) is 47.9 Å². The highest BCUT2D eigenvalue weighted by atomic mass is 32.2. The van der Waals surface area contributed by atoms with Crippen LogP contribution in [-0.2, 0) is 19.1 Å². The van der Waals surface area contributed by atoms with E-state index in [0.29, 0.717) is 6.42 Å². The minimum absolute atomic E-state index is 0.00949. The van der Waals surface area contributed by atoms with Crippen molar-refractivity contribution in [3.8, 4) is 0 Å². The van der Waals surface area contributed by atoms with Crippen LogP contribution < -0.4 is 0 Å². The van der Waals surface area contributed by atoms with Crippen LogP contribution >= 0.6 is 0 Å². The molecule has 0 saturated heterocycles. The standard InChI is InChI=1S/C11H12O4S/c1-2-3-9-11(12)15-16(13,14)10-7-5-4-6-8-10/h2,4-8H,1,3,9H2. The van der Waals surface area contributed by atoms with Crippen LogP contribution in [0.1, 0.15) is 12.8 Å². The lowest BCUT2D eigenvalue weighted by Gasteiger charge is -2.04. The molecule has 0 spiro atoms. The van der Waals surface area contributed by atoms with Crippen LogP contribution in [0.5, 0.6) is 0 Å². The molecule has 0 amide bonds. The third-order valence-corrected chi connectivity index (χ3v) is 3.04. The molecule has 0 fully saturated rings. The topological polar surface area (TPSA) is 60.4 Å². The van der Waals surface area contributed by atoms with Crippen molar-refractivity contribution in [1.82, 2.24) is 0 Å². The zero-order chi connectivity index (χ0) is 12.0. The van der Waals surface area contributed by atoms with Gasteiger partial charge >= 0.3 is 16.1 Å². The summed E-state index contributed by atoms with van der Waals surface area (Å²) in [6.07, 6.45) is 1.93. The highest BCUT2D eigenvalue weighted by Gasteiger charge is 2.18. The fourth-order valence-corrected chi connectivity index (χ4v) is 1.93. The van der Waals surface area contributed by atoms with E-state index in [2.05, 4.69) is 10.8 Å². The summed E-state index contributed by atoms with van der Waals surface area (Å²) in [4.78, 5) is 11.1. The smallest absolute Gasteiger partial charge is 0.341 e. The van der Waals surface area contributed by atoms with E-state index < -0.39 is 16.1 Å². The molecule has 86 valence electrons. The van der Waals surface area contributed by atoms with Crippen molar-refractivity contribution in [1.29, 1.82) is 0 Å². The number of carbonyl (C=O) groups is 1. The van der Waals surface area contributed by atoms with Gasteiger partial charge in [0, 0.05) is 0 Å². The second-order valence-corrected chi connectivity index (χ2v) is 4.60. The summed E-state index contributed by atoms with van der Waals surface area (Å²) >= 11 is 0. The Morgan fingerprint density at radius 1 is 1.31 bits per heavy atom. The Labute approximate surface area is 94.7 Å². The number of allylic oxidation sites excluding steroid dienone is 1. The Kier molecular flexibility index (Phi) is 4.25. The second kappa shape index (κ2) is 5.46. The lowest BCUT2D eigenvalue weighted by molar-refractivity contribution is -0.133. The average molecular weight is 240 g/mol. The quantitative estimate of drug-likeness (QED) is 0.582. The lowest BCUT2D eigenvalue weighted by atomic mass is 10.3. The van der Waals surface area contributed by atoms with Crippen molar-refractivity contribution < 1.29 is 17.4 Å². The molecular formula is C11H12O4S. The van der Waals surface area contributed by atoms with Gasteiger partial charge in [0.1, 0.15) is 4.90 Å². The van der Waals surface area contributed by atoms with Gasteiger partial charge in [-0.25, -0.2) is 0 Å². The average Bonchev–Trinajstić information content (AvgIpc) is 2.27. The molecule has 1 aromatic rings. The van der Waals surface area contributed by atoms with Gasteiger partial charge < -0.3 is 4.18 Å². The van der Waals surface area contributed by atoms with E-state index in [1.54, 1.807) is 18.2 Å². The molecule has 0 atom stereocenters. The monoisotopic (exact) mass is 240 g/mol. The van der Waals surface area contributed by atoms with Crippen LogP contribution in [0.2, 0.25) is 0 Å². The molecule has 16 heavy (non-hydrogen) atoms. The van der Waals surface area contributed by atoms with Gasteiger partial charge in [-0.05, 0) is 18.6 Å². The second-order valence-electron chi connectivity index (χ2n) is 3.05. The van der Waals surface area contributed by atoms with E-state index in [1.807, 2.05) is 0 Å². The van der Waals surface area contributed by atoms with Gasteiger partial charge in [-0.2, -0.15) is 8.42 Å². The highest BCUT2D eigenvalue weighted by molar-refractivity contribution is 7.87. The Hall–Kier alpha value is -1.62. The molecule has 1 rings (SSSR count). The van der Waals surface area contributed by atoms with Gasteiger partial charge in [0.2, 0.25) is 0 Å². The van der Waals surface area contributed by atoms with Crippen LogP contribution in [0.3, 0.4) is 0 Å². The zero-order valence-electron chi connectivity index (χ0n) is 8.63. The van der Waals surface area contributed by atoms with Gasteiger partial charge in [0.05, 0.1) is 6.42 Å². The zero-order valence-corrected chi connectivity index (χ0v) is 9.44. The van der Waals surface area contributed by atoms with E-state index in [0.717, 1.165) is 0 Å². The van der Waals surface area contributed by atoms with E-state index in [1.165, 1.54) is 18.2 Å². The molecule has 0 saturated carbocycles. The van der Waals surface area contributed by atoms with Crippen molar-refractivity contribution in [3.05, 3.63) is 43.0 Å². The molecule has 0 aliphatic heterocycles. The Bertz CT molecular complexity index is 462. The summed E-state index contributed by atoms with van der Waals surface area (Å²) in [5.41, 5.74) is 0. The third kappa shape index (κ3) is 3.51. The van der Waals surface area contributed by atoms with E-state index in [4.69, 9.17) is 0 Å². The molecule has 5 heteroatoms. The molecule has 0 heterocycles. The first-order chi connectivity index (χ1) is 7.56. The molecule has 0 radical (unpaired) electrons. The maximum Gasteiger partial charge on any atom is 0.341 e. The van der Waals surface area contributed by atoms with Crippen LogP contribution in [0.4, 0.5) is 0 Å². The molecule has 0 aliphatic carbocycles. The molecule has 0 unspecified atom stereocenters. The first-order valence-corrected chi connectivity index (χ1v) is 6.10. The Balaban J connectivity index is 2.73. The number of hydrogen-bond acceptors (Lipinski definition) is 4. The molecule has 0 aliphatic rings. The highest BCUT2D eigenvalue weighted by Crippen LogP contribution is 2.12. The van der Waals surface area contributed by atoms with Gasteiger partial charge in [0.25, 0.3) is 0 Å². The molecule has 1 aromatic carbocycles. The van der Waals surface area contributed by atoms with Crippen LogP contribution in [0.25, 0.3) is 0 Å². The molecule has 0 aromatic heterocycles. The summed E-state index contributed by atoms with van der Waals surface area (Å²) in [5.74, 6) is -0.774. The fourth-order valence-electron chi connectivity index (χ4n) is 1.02. The lowest BCUT2D eigenvalue weighted by Crippen LogP contribution is -2.12. The number of carbonyl (C=O) groups excluding carboxylic acids is 1. The van der Waals surface area contributed by atoms with Crippen molar-refractivity contribution >= 4 is 16.1 Å². The van der Waals surface area contributed by atoms with Gasteiger partial charge in [-0.15, -0.1) is 6.58 Å². The van der Waals surface area contributed by atoms with Crippen LogP contribution in [0, 0.1) is 0 Å². The fraction of sp³-hybridized carbons (Fsp3) is 0.182.